The number of ether oxygens (including phenoxy) is 1. The molecule has 0 bridgehead atoms. The van der Waals surface area contributed by atoms with Gasteiger partial charge in [-0.1, -0.05) is 0 Å². The molecule has 0 aliphatic heterocycles. The Labute approximate surface area is 150 Å². The molecule has 0 fully saturated rings. The lowest BCUT2D eigenvalue weighted by atomic mass is 10.1. The maximum atomic E-state index is 12.9. The van der Waals surface area contributed by atoms with E-state index in [2.05, 4.69) is 15.4 Å². The van der Waals surface area contributed by atoms with Crippen molar-refractivity contribution in [2.24, 2.45) is 0 Å². The highest BCUT2D eigenvalue weighted by Gasteiger charge is 2.31. The molecule has 0 saturated heterocycles. The molecule has 0 spiro atoms. The van der Waals surface area contributed by atoms with E-state index >= 15 is 0 Å². The number of anilines is 1. The van der Waals surface area contributed by atoms with Crippen LogP contribution in [0.4, 0.5) is 18.9 Å². The largest absolute Gasteiger partial charge is 0.465 e. The second kappa shape index (κ2) is 8.70. The molecular weight excluding hydrogens is 373 g/mol. The SMILES string of the molecule is CCOC(=O)CSCC(=O)Nc1cc(C(F)(F)F)ccc1-n1cncn1. The summed E-state index contributed by atoms with van der Waals surface area (Å²) in [5.41, 5.74) is -0.734. The highest BCUT2D eigenvalue weighted by atomic mass is 32.2. The van der Waals surface area contributed by atoms with E-state index in [1.54, 1.807) is 6.92 Å². The fourth-order valence-electron chi connectivity index (χ4n) is 1.96. The van der Waals surface area contributed by atoms with Gasteiger partial charge < -0.3 is 10.1 Å². The van der Waals surface area contributed by atoms with Gasteiger partial charge in [-0.15, -0.1) is 11.8 Å². The number of amides is 1. The summed E-state index contributed by atoms with van der Waals surface area (Å²) >= 11 is 0.998. The molecule has 2 rings (SSSR count). The van der Waals surface area contributed by atoms with Crippen molar-refractivity contribution in [2.75, 3.05) is 23.4 Å². The van der Waals surface area contributed by atoms with Crippen molar-refractivity contribution in [3.05, 3.63) is 36.4 Å². The molecule has 1 aromatic heterocycles. The summed E-state index contributed by atoms with van der Waals surface area (Å²) in [5, 5.41) is 6.28. The van der Waals surface area contributed by atoms with Crippen molar-refractivity contribution >= 4 is 29.3 Å². The van der Waals surface area contributed by atoms with Crippen molar-refractivity contribution in [3.8, 4) is 5.69 Å². The van der Waals surface area contributed by atoms with Crippen LogP contribution >= 0.6 is 11.8 Å². The summed E-state index contributed by atoms with van der Waals surface area (Å²) in [4.78, 5) is 27.0. The van der Waals surface area contributed by atoms with Crippen molar-refractivity contribution < 1.29 is 27.5 Å². The van der Waals surface area contributed by atoms with Gasteiger partial charge in [-0.05, 0) is 25.1 Å². The van der Waals surface area contributed by atoms with Gasteiger partial charge in [0.2, 0.25) is 5.91 Å². The lowest BCUT2D eigenvalue weighted by molar-refractivity contribution is -0.140. The highest BCUT2D eigenvalue weighted by molar-refractivity contribution is 8.00. The molecule has 26 heavy (non-hydrogen) atoms. The lowest BCUT2D eigenvalue weighted by Crippen LogP contribution is -2.18. The lowest BCUT2D eigenvalue weighted by Gasteiger charge is -2.14. The van der Waals surface area contributed by atoms with Crippen LogP contribution in [0.2, 0.25) is 0 Å². The fourth-order valence-corrected chi connectivity index (χ4v) is 2.57. The summed E-state index contributed by atoms with van der Waals surface area (Å²) < 4.78 is 44.8. The van der Waals surface area contributed by atoms with Gasteiger partial charge in [0.15, 0.2) is 0 Å². The fraction of sp³-hybridized carbons (Fsp3) is 0.333. The molecule has 1 heterocycles. The quantitative estimate of drug-likeness (QED) is 0.734. The number of esters is 1. The molecule has 0 unspecified atom stereocenters. The van der Waals surface area contributed by atoms with Crippen LogP contribution in [0, 0.1) is 0 Å². The third-order valence-corrected chi connectivity index (χ3v) is 3.93. The highest BCUT2D eigenvalue weighted by Crippen LogP contribution is 2.33. The Morgan fingerprint density at radius 2 is 2.08 bits per heavy atom. The molecular formula is C15H15F3N4O3S. The van der Waals surface area contributed by atoms with Crippen molar-refractivity contribution in [1.29, 1.82) is 0 Å². The molecule has 11 heteroatoms. The normalized spacial score (nSPS) is 11.2. The third-order valence-electron chi connectivity index (χ3n) is 3.02. The summed E-state index contributed by atoms with van der Waals surface area (Å²) in [6.45, 7) is 1.89. The maximum Gasteiger partial charge on any atom is 0.416 e. The Hall–Kier alpha value is -2.56. The van der Waals surface area contributed by atoms with Crippen LogP contribution in [0.3, 0.4) is 0 Å². The molecule has 0 radical (unpaired) electrons. The van der Waals surface area contributed by atoms with E-state index in [9.17, 15) is 22.8 Å². The zero-order chi connectivity index (χ0) is 19.2. The average Bonchev–Trinajstić information content (AvgIpc) is 3.08. The van der Waals surface area contributed by atoms with Crippen LogP contribution in [0.25, 0.3) is 5.69 Å². The Morgan fingerprint density at radius 1 is 1.31 bits per heavy atom. The van der Waals surface area contributed by atoms with E-state index in [0.717, 1.165) is 23.9 Å². The Balaban J connectivity index is 2.12. The first-order valence-corrected chi connectivity index (χ1v) is 8.56. The molecule has 2 aromatic rings. The number of nitrogens with one attached hydrogen (secondary N) is 1. The summed E-state index contributed by atoms with van der Waals surface area (Å²) in [7, 11) is 0. The number of hydrogen-bond donors (Lipinski definition) is 1. The average molecular weight is 388 g/mol. The molecule has 0 aliphatic rings. The summed E-state index contributed by atoms with van der Waals surface area (Å²) in [6.07, 6.45) is -2.04. The second-order valence-corrected chi connectivity index (χ2v) is 5.90. The van der Waals surface area contributed by atoms with Gasteiger partial charge in [0.05, 0.1) is 35.1 Å². The van der Waals surface area contributed by atoms with Crippen LogP contribution in [-0.2, 0) is 20.5 Å². The number of nitrogens with zero attached hydrogens (tertiary/aromatic N) is 3. The third kappa shape index (κ3) is 5.48. The number of halogens is 3. The van der Waals surface area contributed by atoms with Gasteiger partial charge in [-0.2, -0.15) is 18.3 Å². The molecule has 1 N–H and O–H groups in total. The standard InChI is InChI=1S/C15H15F3N4O3S/c1-2-25-14(24)7-26-6-13(23)21-11-5-10(15(16,17)18)3-4-12(11)22-9-19-8-20-22/h3-5,8-9H,2,6-7H2,1H3,(H,21,23). The van der Waals surface area contributed by atoms with Crippen molar-refractivity contribution in [2.45, 2.75) is 13.1 Å². The molecule has 0 atom stereocenters. The Kier molecular flexibility index (Phi) is 6.61. The molecule has 0 aliphatic carbocycles. The predicted octanol–water partition coefficient (Wildman–Crippen LogP) is 2.52. The van der Waals surface area contributed by atoms with Crippen molar-refractivity contribution in [1.82, 2.24) is 14.8 Å². The first kappa shape index (κ1) is 19.8. The van der Waals surface area contributed by atoms with E-state index in [1.807, 2.05) is 0 Å². The monoisotopic (exact) mass is 388 g/mol. The number of benzene rings is 1. The summed E-state index contributed by atoms with van der Waals surface area (Å²) in [5.74, 6) is -1.17. The minimum atomic E-state index is -4.56. The zero-order valence-electron chi connectivity index (χ0n) is 13.6. The number of alkyl halides is 3. The minimum Gasteiger partial charge on any atom is -0.465 e. The van der Waals surface area contributed by atoms with Crippen LogP contribution in [0.5, 0.6) is 0 Å². The number of rotatable bonds is 7. The number of carbonyl (C=O) groups excluding carboxylic acids is 2. The van der Waals surface area contributed by atoms with Crippen LogP contribution in [0.15, 0.2) is 30.9 Å². The number of thioether (sulfide) groups is 1. The van der Waals surface area contributed by atoms with E-state index < -0.39 is 23.6 Å². The van der Waals surface area contributed by atoms with Gasteiger partial charge in [0, 0.05) is 0 Å². The van der Waals surface area contributed by atoms with Crippen LogP contribution in [0.1, 0.15) is 12.5 Å². The maximum absolute atomic E-state index is 12.9. The zero-order valence-corrected chi connectivity index (χ0v) is 14.4. The van der Waals surface area contributed by atoms with Crippen molar-refractivity contribution in [3.63, 3.8) is 0 Å². The summed E-state index contributed by atoms with van der Waals surface area (Å²) in [6, 6.07) is 2.91. The van der Waals surface area contributed by atoms with E-state index in [1.165, 1.54) is 23.4 Å². The first-order valence-electron chi connectivity index (χ1n) is 7.40. The van der Waals surface area contributed by atoms with Gasteiger partial charge in [-0.25, -0.2) is 9.67 Å². The second-order valence-electron chi connectivity index (χ2n) is 4.92. The van der Waals surface area contributed by atoms with Crippen LogP contribution < -0.4 is 5.32 Å². The Bertz CT molecular complexity index is 766. The van der Waals surface area contributed by atoms with Gasteiger partial charge in [-0.3, -0.25) is 9.59 Å². The van der Waals surface area contributed by atoms with Gasteiger partial charge in [0.25, 0.3) is 0 Å². The van der Waals surface area contributed by atoms with E-state index in [0.29, 0.717) is 0 Å². The first-order chi connectivity index (χ1) is 12.3. The minimum absolute atomic E-state index is 0.0280. The smallest absolute Gasteiger partial charge is 0.416 e. The number of hydrogen-bond acceptors (Lipinski definition) is 6. The van der Waals surface area contributed by atoms with E-state index in [-0.39, 0.29) is 29.5 Å². The van der Waals surface area contributed by atoms with E-state index in [4.69, 9.17) is 4.74 Å². The predicted molar refractivity (Wildman–Crippen MR) is 88.9 cm³/mol. The van der Waals surface area contributed by atoms with Crippen LogP contribution in [-0.4, -0.2) is 44.8 Å². The molecule has 7 nitrogen and oxygen atoms in total. The topological polar surface area (TPSA) is 86.1 Å². The molecule has 0 saturated carbocycles. The number of carbonyl (C=O) groups is 2. The molecule has 1 aromatic carbocycles. The van der Waals surface area contributed by atoms with Gasteiger partial charge >= 0.3 is 12.1 Å². The van der Waals surface area contributed by atoms with Gasteiger partial charge in [0.1, 0.15) is 12.7 Å². The number of aromatic nitrogens is 3. The molecule has 140 valence electrons. The Morgan fingerprint density at radius 3 is 2.69 bits per heavy atom. The molecule has 1 amide bonds.